The summed E-state index contributed by atoms with van der Waals surface area (Å²) in [5.74, 6) is 0.444. The lowest BCUT2D eigenvalue weighted by Crippen LogP contribution is -2.26. The smallest absolute Gasteiger partial charge is 0.261 e. The Morgan fingerprint density at radius 2 is 2.24 bits per heavy atom. The van der Waals surface area contributed by atoms with Gasteiger partial charge in [-0.2, -0.15) is 5.26 Å². The first-order chi connectivity index (χ1) is 12.1. The largest absolute Gasteiger partial charge is 0.381 e. The Morgan fingerprint density at radius 1 is 1.48 bits per heavy atom. The van der Waals surface area contributed by atoms with Crippen molar-refractivity contribution in [2.45, 2.75) is 53.0 Å². The molecule has 1 aliphatic carbocycles. The molecular formula is C20H29N3O2. The van der Waals surface area contributed by atoms with E-state index in [1.165, 1.54) is 12.8 Å². The number of carbonyl (C=O) groups is 1. The zero-order valence-corrected chi connectivity index (χ0v) is 15.6. The minimum Gasteiger partial charge on any atom is -0.381 e. The van der Waals surface area contributed by atoms with Gasteiger partial charge in [0.2, 0.25) is 0 Å². The van der Waals surface area contributed by atoms with Crippen molar-refractivity contribution in [1.29, 1.82) is 5.26 Å². The topological polar surface area (TPSA) is 67.0 Å². The lowest BCUT2D eigenvalue weighted by molar-refractivity contribution is -0.117. The summed E-state index contributed by atoms with van der Waals surface area (Å²) < 4.78 is 7.76. The van der Waals surface area contributed by atoms with E-state index in [0.29, 0.717) is 13.2 Å². The van der Waals surface area contributed by atoms with Crippen LogP contribution in [0.25, 0.3) is 6.08 Å². The van der Waals surface area contributed by atoms with Crippen LogP contribution in [0.5, 0.6) is 0 Å². The Morgan fingerprint density at radius 3 is 2.88 bits per heavy atom. The standard InChI is InChI=1S/C20H29N3O2/c1-4-9-23-15(2)11-18(16(23)3)12-19(13-21)20(24)22-8-5-10-25-14-17-6-7-17/h11-12,17H,4-10,14H2,1-3H3,(H,22,24)/b19-12+. The monoisotopic (exact) mass is 343 g/mol. The molecule has 1 amide bonds. The normalized spacial score (nSPS) is 14.4. The second-order valence-corrected chi connectivity index (χ2v) is 6.78. The first-order valence-corrected chi connectivity index (χ1v) is 9.21. The van der Waals surface area contributed by atoms with Gasteiger partial charge in [-0.3, -0.25) is 4.79 Å². The molecule has 0 atom stereocenters. The number of nitrogens with one attached hydrogen (secondary N) is 1. The van der Waals surface area contributed by atoms with Crippen molar-refractivity contribution in [3.63, 3.8) is 0 Å². The molecule has 136 valence electrons. The molecule has 0 radical (unpaired) electrons. The van der Waals surface area contributed by atoms with Crippen molar-refractivity contribution in [2.24, 2.45) is 5.92 Å². The van der Waals surface area contributed by atoms with Crippen molar-refractivity contribution >= 4 is 12.0 Å². The summed E-state index contributed by atoms with van der Waals surface area (Å²) in [4.78, 5) is 12.2. The van der Waals surface area contributed by atoms with Crippen molar-refractivity contribution < 1.29 is 9.53 Å². The Hall–Kier alpha value is -2.06. The minimum absolute atomic E-state index is 0.149. The van der Waals surface area contributed by atoms with Gasteiger partial charge < -0.3 is 14.6 Å². The molecule has 1 aromatic rings. The van der Waals surface area contributed by atoms with Gasteiger partial charge in [0.15, 0.2) is 0 Å². The molecule has 0 aromatic carbocycles. The van der Waals surface area contributed by atoms with Crippen LogP contribution in [-0.2, 0) is 16.1 Å². The molecule has 1 heterocycles. The molecule has 5 heteroatoms. The van der Waals surface area contributed by atoms with Crippen LogP contribution in [-0.4, -0.2) is 30.2 Å². The Balaban J connectivity index is 1.87. The Kier molecular flexibility index (Phi) is 7.27. The van der Waals surface area contributed by atoms with E-state index in [4.69, 9.17) is 4.74 Å². The predicted octanol–water partition coefficient (Wildman–Crippen LogP) is 3.35. The van der Waals surface area contributed by atoms with E-state index in [9.17, 15) is 10.1 Å². The van der Waals surface area contributed by atoms with Crippen molar-refractivity contribution in [3.8, 4) is 6.07 Å². The van der Waals surface area contributed by atoms with E-state index in [2.05, 4.69) is 16.8 Å². The van der Waals surface area contributed by atoms with Gasteiger partial charge in [0.1, 0.15) is 11.6 Å². The lowest BCUT2D eigenvalue weighted by atomic mass is 10.1. The van der Waals surface area contributed by atoms with Crippen LogP contribution in [0, 0.1) is 31.1 Å². The van der Waals surface area contributed by atoms with Gasteiger partial charge in [0.05, 0.1) is 0 Å². The van der Waals surface area contributed by atoms with Crippen LogP contribution in [0.4, 0.5) is 0 Å². The van der Waals surface area contributed by atoms with Crippen LogP contribution in [0.3, 0.4) is 0 Å². The summed E-state index contributed by atoms with van der Waals surface area (Å²) in [5.41, 5.74) is 3.32. The number of ether oxygens (including phenoxy) is 1. The fraction of sp³-hybridized carbons (Fsp3) is 0.600. The minimum atomic E-state index is -0.315. The maximum absolute atomic E-state index is 12.2. The second kappa shape index (κ2) is 9.43. The highest BCUT2D eigenvalue weighted by Crippen LogP contribution is 2.28. The molecule has 0 saturated heterocycles. The predicted molar refractivity (Wildman–Crippen MR) is 99.0 cm³/mol. The average Bonchev–Trinajstić information content (AvgIpc) is 3.38. The van der Waals surface area contributed by atoms with E-state index < -0.39 is 0 Å². The van der Waals surface area contributed by atoms with Gasteiger partial charge in [0.25, 0.3) is 5.91 Å². The molecule has 2 rings (SSSR count). The number of nitriles is 1. The van der Waals surface area contributed by atoms with Crippen LogP contribution >= 0.6 is 0 Å². The summed E-state index contributed by atoms with van der Waals surface area (Å²) in [6.07, 6.45) is 6.07. The summed E-state index contributed by atoms with van der Waals surface area (Å²) >= 11 is 0. The van der Waals surface area contributed by atoms with E-state index in [-0.39, 0.29) is 11.5 Å². The first kappa shape index (κ1) is 19.3. The van der Waals surface area contributed by atoms with Crippen molar-refractivity contribution in [3.05, 3.63) is 28.6 Å². The number of hydrogen-bond donors (Lipinski definition) is 1. The number of amides is 1. The third-order valence-corrected chi connectivity index (χ3v) is 4.53. The van der Waals surface area contributed by atoms with Crippen molar-refractivity contribution in [2.75, 3.05) is 19.8 Å². The Labute approximate surface area is 150 Å². The molecule has 25 heavy (non-hydrogen) atoms. The highest BCUT2D eigenvalue weighted by molar-refractivity contribution is 6.01. The molecule has 0 spiro atoms. The summed E-state index contributed by atoms with van der Waals surface area (Å²) in [5, 5.41) is 12.1. The number of aromatic nitrogens is 1. The SMILES string of the molecule is CCCn1c(C)cc(/C=C(\C#N)C(=O)NCCCOCC2CC2)c1C. The molecule has 1 N–H and O–H groups in total. The first-order valence-electron chi connectivity index (χ1n) is 9.21. The van der Waals surface area contributed by atoms with Gasteiger partial charge in [-0.1, -0.05) is 6.92 Å². The fourth-order valence-electron chi connectivity index (χ4n) is 2.85. The van der Waals surface area contributed by atoms with Gasteiger partial charge in [-0.25, -0.2) is 0 Å². The maximum Gasteiger partial charge on any atom is 0.261 e. The van der Waals surface area contributed by atoms with Crippen LogP contribution in [0.2, 0.25) is 0 Å². The highest BCUT2D eigenvalue weighted by Gasteiger charge is 2.20. The zero-order valence-electron chi connectivity index (χ0n) is 15.6. The summed E-state index contributed by atoms with van der Waals surface area (Å²) in [6, 6.07) is 4.05. The van der Waals surface area contributed by atoms with E-state index in [0.717, 1.165) is 48.9 Å². The number of rotatable bonds is 10. The van der Waals surface area contributed by atoms with E-state index >= 15 is 0 Å². The van der Waals surface area contributed by atoms with Gasteiger partial charge in [-0.05, 0) is 63.2 Å². The highest BCUT2D eigenvalue weighted by atomic mass is 16.5. The van der Waals surface area contributed by atoms with Gasteiger partial charge in [0, 0.05) is 37.7 Å². The van der Waals surface area contributed by atoms with E-state index in [1.807, 2.05) is 26.0 Å². The maximum atomic E-state index is 12.2. The lowest BCUT2D eigenvalue weighted by Gasteiger charge is -2.07. The molecule has 1 aromatic heterocycles. The number of carbonyl (C=O) groups excluding carboxylic acids is 1. The molecule has 0 bridgehead atoms. The Bertz CT molecular complexity index is 663. The number of aryl methyl sites for hydroxylation is 1. The molecule has 0 unspecified atom stereocenters. The molecule has 0 aliphatic heterocycles. The van der Waals surface area contributed by atoms with Gasteiger partial charge >= 0.3 is 0 Å². The third kappa shape index (κ3) is 5.75. The molecule has 1 fully saturated rings. The zero-order chi connectivity index (χ0) is 18.2. The second-order valence-electron chi connectivity index (χ2n) is 6.78. The molecule has 1 saturated carbocycles. The summed E-state index contributed by atoms with van der Waals surface area (Å²) in [7, 11) is 0. The average molecular weight is 343 g/mol. The van der Waals surface area contributed by atoms with E-state index in [1.54, 1.807) is 6.08 Å². The van der Waals surface area contributed by atoms with Crippen LogP contribution < -0.4 is 5.32 Å². The quantitative estimate of drug-likeness (QED) is 0.402. The summed E-state index contributed by atoms with van der Waals surface area (Å²) in [6.45, 7) is 9.17. The number of nitrogens with zero attached hydrogens (tertiary/aromatic N) is 2. The van der Waals surface area contributed by atoms with Crippen LogP contribution in [0.15, 0.2) is 11.6 Å². The molecule has 5 nitrogen and oxygen atoms in total. The van der Waals surface area contributed by atoms with Crippen LogP contribution in [0.1, 0.15) is 49.6 Å². The molecular weight excluding hydrogens is 314 g/mol. The molecule has 1 aliphatic rings. The fourth-order valence-corrected chi connectivity index (χ4v) is 2.85. The number of hydrogen-bond acceptors (Lipinski definition) is 3. The van der Waals surface area contributed by atoms with Crippen molar-refractivity contribution in [1.82, 2.24) is 9.88 Å². The van der Waals surface area contributed by atoms with Gasteiger partial charge in [-0.15, -0.1) is 0 Å². The third-order valence-electron chi connectivity index (χ3n) is 4.53.